The summed E-state index contributed by atoms with van der Waals surface area (Å²) in [7, 11) is -1.03. The van der Waals surface area contributed by atoms with E-state index < -0.39 is 22.6 Å². The van der Waals surface area contributed by atoms with Crippen molar-refractivity contribution >= 4 is 16.3 Å². The van der Waals surface area contributed by atoms with Gasteiger partial charge < -0.3 is 9.05 Å². The number of hydrogen-bond acceptors (Lipinski definition) is 3. The average Bonchev–Trinajstić information content (AvgIpc) is 1.84. The van der Waals surface area contributed by atoms with E-state index in [-0.39, 0.29) is 0 Å². The quantitative estimate of drug-likeness (QED) is 0.507. The van der Waals surface area contributed by atoms with Crippen LogP contribution >= 0.6 is 16.3 Å². The second-order valence-corrected chi connectivity index (χ2v) is 5.97. The minimum Gasteiger partial charge on any atom is -0.318 e. The van der Waals surface area contributed by atoms with Crippen molar-refractivity contribution in [3.8, 4) is 6.07 Å². The fourth-order valence-corrected chi connectivity index (χ4v) is 1.46. The summed E-state index contributed by atoms with van der Waals surface area (Å²) in [5.74, 6) is 0. The van der Waals surface area contributed by atoms with Gasteiger partial charge in [-0.15, -0.1) is 0 Å². The summed E-state index contributed by atoms with van der Waals surface area (Å²) >= 11 is 0. The minimum atomic E-state index is -0.669. The topological polar surface area (TPSA) is 42.2 Å². The van der Waals surface area contributed by atoms with Gasteiger partial charge in [0, 0.05) is 16.3 Å². The van der Waals surface area contributed by atoms with Crippen molar-refractivity contribution in [2.45, 2.75) is 6.29 Å². The van der Waals surface area contributed by atoms with Gasteiger partial charge in [-0.3, -0.25) is 0 Å². The Morgan fingerprint density at radius 3 is 1.64 bits per heavy atom. The van der Waals surface area contributed by atoms with Gasteiger partial charge in [0.05, 0.1) is 0 Å². The van der Waals surface area contributed by atoms with Gasteiger partial charge in [-0.05, 0) is 26.7 Å². The molecule has 0 unspecified atom stereocenters. The fourth-order valence-electron chi connectivity index (χ4n) is 0.449. The first-order chi connectivity index (χ1) is 5.06. The summed E-state index contributed by atoms with van der Waals surface area (Å²) in [5, 5.41) is 8.54. The van der Waals surface area contributed by atoms with Crippen LogP contribution in [-0.4, -0.2) is 32.9 Å². The number of nitriles is 1. The van der Waals surface area contributed by atoms with Crippen LogP contribution in [0, 0.1) is 11.3 Å². The molecule has 5 heteroatoms. The fraction of sp³-hybridized carbons (Fsp3) is 0.833. The van der Waals surface area contributed by atoms with Crippen molar-refractivity contribution in [3.63, 3.8) is 0 Å². The Morgan fingerprint density at radius 1 is 1.09 bits per heavy atom. The van der Waals surface area contributed by atoms with E-state index in [0.717, 1.165) is 0 Å². The van der Waals surface area contributed by atoms with Crippen LogP contribution in [0.4, 0.5) is 0 Å². The molecule has 0 N–H and O–H groups in total. The van der Waals surface area contributed by atoms with Crippen LogP contribution in [0.25, 0.3) is 0 Å². The highest BCUT2D eigenvalue weighted by Crippen LogP contribution is 2.34. The maximum atomic E-state index is 8.54. The monoisotopic (exact) mass is 193 g/mol. The van der Waals surface area contributed by atoms with Gasteiger partial charge in [-0.25, -0.2) is 0 Å². The maximum absolute atomic E-state index is 8.54. The van der Waals surface area contributed by atoms with Crippen molar-refractivity contribution in [2.24, 2.45) is 0 Å². The second kappa shape index (κ2) is 5.86. The molecule has 0 spiro atoms. The Labute approximate surface area is 70.4 Å². The van der Waals surface area contributed by atoms with E-state index in [1.54, 1.807) is 0 Å². The molecule has 0 radical (unpaired) electrons. The first kappa shape index (κ1) is 11.3. The van der Waals surface area contributed by atoms with Crippen LogP contribution in [-0.2, 0) is 9.05 Å². The molecule has 0 aromatic rings. The van der Waals surface area contributed by atoms with E-state index in [4.69, 9.17) is 14.3 Å². The van der Waals surface area contributed by atoms with Crippen LogP contribution in [0.3, 0.4) is 0 Å². The lowest BCUT2D eigenvalue weighted by Gasteiger charge is -2.15. The lowest BCUT2D eigenvalue weighted by molar-refractivity contribution is 0.0799. The molecule has 64 valence electrons. The van der Waals surface area contributed by atoms with Gasteiger partial charge in [0.1, 0.15) is 6.07 Å². The summed E-state index contributed by atoms with van der Waals surface area (Å²) in [6, 6.07) is 1.95. The zero-order valence-electron chi connectivity index (χ0n) is 7.24. The molecule has 0 amide bonds. The third kappa shape index (κ3) is 6.66. The zero-order chi connectivity index (χ0) is 8.85. The van der Waals surface area contributed by atoms with Crippen molar-refractivity contribution in [1.82, 2.24) is 0 Å². The molecule has 0 aromatic carbocycles. The molecule has 0 aliphatic rings. The van der Waals surface area contributed by atoms with Gasteiger partial charge >= 0.3 is 0 Å². The van der Waals surface area contributed by atoms with Crippen LogP contribution < -0.4 is 0 Å². The van der Waals surface area contributed by atoms with E-state index in [9.17, 15) is 0 Å². The SMILES string of the molecule is CP(C)OC(C#N)OP(C)C. The standard InChI is InChI=1S/C6H13NO2P2/c1-10(2)8-6(5-7)9-11(3)4/h6H,1-4H3. The largest absolute Gasteiger partial charge is 0.318 e. The molecule has 0 saturated carbocycles. The van der Waals surface area contributed by atoms with Crippen LogP contribution in [0.15, 0.2) is 0 Å². The van der Waals surface area contributed by atoms with Crippen molar-refractivity contribution in [3.05, 3.63) is 0 Å². The van der Waals surface area contributed by atoms with Gasteiger partial charge in [0.25, 0.3) is 6.29 Å². The van der Waals surface area contributed by atoms with E-state index in [2.05, 4.69) is 0 Å². The van der Waals surface area contributed by atoms with Crippen molar-refractivity contribution < 1.29 is 9.05 Å². The highest BCUT2D eigenvalue weighted by molar-refractivity contribution is 7.51. The van der Waals surface area contributed by atoms with Gasteiger partial charge in [-0.1, -0.05) is 0 Å². The summed E-state index contributed by atoms with van der Waals surface area (Å²) in [5.41, 5.74) is 0. The van der Waals surface area contributed by atoms with E-state index in [1.807, 2.05) is 32.7 Å². The number of hydrogen-bond donors (Lipinski definition) is 0. The van der Waals surface area contributed by atoms with Crippen LogP contribution in [0.1, 0.15) is 0 Å². The number of nitrogens with zero attached hydrogens (tertiary/aromatic N) is 1. The maximum Gasteiger partial charge on any atom is 0.254 e. The smallest absolute Gasteiger partial charge is 0.254 e. The first-order valence-corrected chi connectivity index (χ1v) is 7.45. The van der Waals surface area contributed by atoms with Gasteiger partial charge in [0.2, 0.25) is 0 Å². The predicted octanol–water partition coefficient (Wildman–Crippen LogP) is 2.18. The molecule has 0 atom stereocenters. The Balaban J connectivity index is 3.70. The predicted molar refractivity (Wildman–Crippen MR) is 49.1 cm³/mol. The summed E-state index contributed by atoms with van der Waals surface area (Å²) < 4.78 is 10.4. The highest BCUT2D eigenvalue weighted by atomic mass is 31.1. The second-order valence-electron chi connectivity index (χ2n) is 2.30. The molecule has 0 rings (SSSR count). The molecule has 0 heterocycles. The Bertz CT molecular complexity index is 134. The molecule has 0 aliphatic heterocycles. The van der Waals surface area contributed by atoms with Gasteiger partial charge in [0.15, 0.2) is 0 Å². The molecule has 0 aliphatic carbocycles. The van der Waals surface area contributed by atoms with E-state index >= 15 is 0 Å². The molecular formula is C6H13NO2P2. The van der Waals surface area contributed by atoms with Crippen LogP contribution in [0.2, 0.25) is 0 Å². The van der Waals surface area contributed by atoms with Gasteiger partial charge in [-0.2, -0.15) is 5.26 Å². The highest BCUT2D eigenvalue weighted by Gasteiger charge is 2.11. The minimum absolute atomic E-state index is 0.513. The van der Waals surface area contributed by atoms with E-state index in [0.29, 0.717) is 0 Å². The normalized spacial score (nSPS) is 11.1. The first-order valence-electron chi connectivity index (χ1n) is 3.14. The molecule has 3 nitrogen and oxygen atoms in total. The Hall–Kier alpha value is 0.270. The Kier molecular flexibility index (Phi) is 6.01. The summed E-state index contributed by atoms with van der Waals surface area (Å²) in [4.78, 5) is 0. The molecule has 0 bridgehead atoms. The third-order valence-electron chi connectivity index (χ3n) is 0.719. The molecule has 0 fully saturated rings. The Morgan fingerprint density at radius 2 is 1.45 bits per heavy atom. The van der Waals surface area contributed by atoms with Crippen molar-refractivity contribution in [1.29, 1.82) is 5.26 Å². The lowest BCUT2D eigenvalue weighted by Crippen LogP contribution is -2.08. The van der Waals surface area contributed by atoms with Crippen LogP contribution in [0.5, 0.6) is 0 Å². The third-order valence-corrected chi connectivity index (χ3v) is 1.94. The lowest BCUT2D eigenvalue weighted by atomic mass is 10.8. The summed E-state index contributed by atoms with van der Waals surface area (Å²) in [6.45, 7) is 7.76. The van der Waals surface area contributed by atoms with E-state index in [1.165, 1.54) is 0 Å². The zero-order valence-corrected chi connectivity index (χ0v) is 9.02. The molecular weight excluding hydrogens is 180 g/mol. The summed E-state index contributed by atoms with van der Waals surface area (Å²) in [6.07, 6.45) is -0.669. The van der Waals surface area contributed by atoms with Crippen molar-refractivity contribution in [2.75, 3.05) is 26.7 Å². The average molecular weight is 193 g/mol. The molecule has 0 saturated heterocycles. The molecule has 0 aromatic heterocycles. The molecule has 11 heavy (non-hydrogen) atoms. The number of rotatable bonds is 4.